The fourth-order valence-electron chi connectivity index (χ4n) is 3.13. The van der Waals surface area contributed by atoms with Gasteiger partial charge in [-0.15, -0.1) is 0 Å². The summed E-state index contributed by atoms with van der Waals surface area (Å²) >= 11 is 3.57. The fraction of sp³-hybridized carbons (Fsp3) is 0.217. The highest BCUT2D eigenvalue weighted by Crippen LogP contribution is 2.19. The van der Waals surface area contributed by atoms with Crippen molar-refractivity contribution in [2.45, 2.75) is 26.2 Å². The molecule has 0 heterocycles. The van der Waals surface area contributed by atoms with Gasteiger partial charge in [0, 0.05) is 30.7 Å². The third-order valence-electron chi connectivity index (χ3n) is 4.50. The first kappa shape index (κ1) is 19.6. The second kappa shape index (κ2) is 9.70. The van der Waals surface area contributed by atoms with Crippen LogP contribution in [0.15, 0.2) is 77.3 Å². The molecule has 0 saturated carbocycles. The van der Waals surface area contributed by atoms with Crippen LogP contribution < -0.4 is 10.5 Å². The van der Waals surface area contributed by atoms with E-state index in [4.69, 9.17) is 10.5 Å². The predicted octanol–water partition coefficient (Wildman–Crippen LogP) is 5.12. The number of ether oxygens (including phenoxy) is 1. The van der Waals surface area contributed by atoms with E-state index in [9.17, 15) is 0 Å². The maximum absolute atomic E-state index is 5.72. The highest BCUT2D eigenvalue weighted by molar-refractivity contribution is 9.10. The number of halogens is 1. The minimum atomic E-state index is 0.575. The van der Waals surface area contributed by atoms with Gasteiger partial charge >= 0.3 is 0 Å². The van der Waals surface area contributed by atoms with Gasteiger partial charge < -0.3 is 10.5 Å². The average Bonchev–Trinajstić information content (AvgIpc) is 2.69. The summed E-state index contributed by atoms with van der Waals surface area (Å²) < 4.78 is 6.48. The van der Waals surface area contributed by atoms with Crippen LogP contribution in [0.25, 0.3) is 0 Å². The van der Waals surface area contributed by atoms with Crippen molar-refractivity contribution in [3.8, 4) is 5.75 Å². The molecule has 3 aromatic rings. The van der Waals surface area contributed by atoms with Crippen LogP contribution in [0.3, 0.4) is 0 Å². The summed E-state index contributed by atoms with van der Waals surface area (Å²) in [7, 11) is 1.71. The van der Waals surface area contributed by atoms with Gasteiger partial charge in [-0.1, -0.05) is 64.5 Å². The Balaban J connectivity index is 1.80. The van der Waals surface area contributed by atoms with Gasteiger partial charge in [-0.25, -0.2) is 0 Å². The molecular formula is C23H25BrN2O. The highest BCUT2D eigenvalue weighted by atomic mass is 79.9. The van der Waals surface area contributed by atoms with Gasteiger partial charge in [0.25, 0.3) is 0 Å². The molecule has 27 heavy (non-hydrogen) atoms. The first-order valence-corrected chi connectivity index (χ1v) is 9.83. The zero-order chi connectivity index (χ0) is 19.1. The van der Waals surface area contributed by atoms with E-state index >= 15 is 0 Å². The van der Waals surface area contributed by atoms with Crippen molar-refractivity contribution in [1.29, 1.82) is 0 Å². The van der Waals surface area contributed by atoms with Crippen LogP contribution in [-0.2, 0) is 26.2 Å². The highest BCUT2D eigenvalue weighted by Gasteiger charge is 2.10. The maximum Gasteiger partial charge on any atom is 0.119 e. The minimum Gasteiger partial charge on any atom is -0.497 e. The lowest BCUT2D eigenvalue weighted by Gasteiger charge is -2.23. The topological polar surface area (TPSA) is 38.5 Å². The van der Waals surface area contributed by atoms with Crippen LogP contribution in [0.2, 0.25) is 0 Å². The summed E-state index contributed by atoms with van der Waals surface area (Å²) in [6, 6.07) is 25.3. The summed E-state index contributed by atoms with van der Waals surface area (Å²) in [5, 5.41) is 0. The normalized spacial score (nSPS) is 11.0. The van der Waals surface area contributed by atoms with Gasteiger partial charge in [-0.05, 0) is 46.5 Å². The summed E-state index contributed by atoms with van der Waals surface area (Å²) in [4.78, 5) is 2.44. The van der Waals surface area contributed by atoms with Gasteiger partial charge in [0.15, 0.2) is 0 Å². The van der Waals surface area contributed by atoms with Crippen molar-refractivity contribution in [2.75, 3.05) is 7.11 Å². The number of methoxy groups -OCH3 is 1. The van der Waals surface area contributed by atoms with Gasteiger partial charge in [0.2, 0.25) is 0 Å². The second-order valence-corrected chi connectivity index (χ2v) is 7.56. The number of rotatable bonds is 8. The largest absolute Gasteiger partial charge is 0.497 e. The number of nitrogens with zero attached hydrogens (tertiary/aromatic N) is 1. The Bertz CT molecular complexity index is 864. The molecule has 3 rings (SSSR count). The molecule has 0 fully saturated rings. The summed E-state index contributed by atoms with van der Waals surface area (Å²) in [6.45, 7) is 3.16. The van der Waals surface area contributed by atoms with Gasteiger partial charge in [0.1, 0.15) is 5.75 Å². The molecule has 0 aromatic heterocycles. The Labute approximate surface area is 169 Å². The van der Waals surface area contributed by atoms with Crippen LogP contribution in [0, 0.1) is 0 Å². The molecule has 0 amide bonds. The lowest BCUT2D eigenvalue weighted by molar-refractivity contribution is 0.247. The predicted molar refractivity (Wildman–Crippen MR) is 114 cm³/mol. The van der Waals surface area contributed by atoms with E-state index in [1.54, 1.807) is 7.11 Å². The summed E-state index contributed by atoms with van der Waals surface area (Å²) in [6.07, 6.45) is 0. The molecule has 140 valence electrons. The summed E-state index contributed by atoms with van der Waals surface area (Å²) in [5.74, 6) is 0.891. The molecular weight excluding hydrogens is 400 g/mol. The Hall–Kier alpha value is -2.14. The molecule has 0 saturated heterocycles. The Morgan fingerprint density at radius 3 is 2.00 bits per heavy atom. The fourth-order valence-corrected chi connectivity index (χ4v) is 3.58. The third-order valence-corrected chi connectivity index (χ3v) is 4.99. The molecule has 4 heteroatoms. The lowest BCUT2D eigenvalue weighted by atomic mass is 10.1. The Kier molecular flexibility index (Phi) is 7.04. The van der Waals surface area contributed by atoms with Crippen LogP contribution in [0.5, 0.6) is 5.75 Å². The number of benzene rings is 3. The van der Waals surface area contributed by atoms with E-state index < -0.39 is 0 Å². The first-order valence-electron chi connectivity index (χ1n) is 9.04. The van der Waals surface area contributed by atoms with Crippen LogP contribution in [-0.4, -0.2) is 12.0 Å². The third kappa shape index (κ3) is 5.93. The average molecular weight is 425 g/mol. The molecule has 0 atom stereocenters. The van der Waals surface area contributed by atoms with Crippen molar-refractivity contribution >= 4 is 15.9 Å². The van der Waals surface area contributed by atoms with Crippen molar-refractivity contribution in [2.24, 2.45) is 5.73 Å². The zero-order valence-corrected chi connectivity index (χ0v) is 17.2. The van der Waals surface area contributed by atoms with E-state index in [-0.39, 0.29) is 0 Å². The van der Waals surface area contributed by atoms with E-state index in [1.807, 2.05) is 12.1 Å². The SMILES string of the molecule is COc1cccc(CN(Cc2ccc(CN)cc2)Cc2cccc(Br)c2)c1. The van der Waals surface area contributed by atoms with E-state index in [1.165, 1.54) is 16.7 Å². The Morgan fingerprint density at radius 1 is 0.778 bits per heavy atom. The van der Waals surface area contributed by atoms with E-state index in [2.05, 4.69) is 81.5 Å². The van der Waals surface area contributed by atoms with Crippen LogP contribution >= 0.6 is 15.9 Å². The van der Waals surface area contributed by atoms with E-state index in [0.29, 0.717) is 6.54 Å². The number of hydrogen-bond donors (Lipinski definition) is 1. The molecule has 0 radical (unpaired) electrons. The molecule has 0 unspecified atom stereocenters. The molecule has 3 nitrogen and oxygen atoms in total. The lowest BCUT2D eigenvalue weighted by Crippen LogP contribution is -2.22. The molecule has 2 N–H and O–H groups in total. The molecule has 0 aliphatic carbocycles. The van der Waals surface area contributed by atoms with Crippen LogP contribution in [0.1, 0.15) is 22.3 Å². The zero-order valence-electron chi connectivity index (χ0n) is 15.6. The molecule has 0 bridgehead atoms. The molecule has 3 aromatic carbocycles. The quantitative estimate of drug-likeness (QED) is 0.545. The van der Waals surface area contributed by atoms with Crippen molar-refractivity contribution in [1.82, 2.24) is 4.90 Å². The summed E-state index contributed by atoms with van der Waals surface area (Å²) in [5.41, 5.74) is 10.7. The van der Waals surface area contributed by atoms with Crippen LogP contribution in [0.4, 0.5) is 0 Å². The van der Waals surface area contributed by atoms with Crippen molar-refractivity contribution in [3.63, 3.8) is 0 Å². The number of nitrogens with two attached hydrogens (primary N) is 1. The first-order chi connectivity index (χ1) is 13.2. The van der Waals surface area contributed by atoms with Crippen molar-refractivity contribution in [3.05, 3.63) is 99.5 Å². The monoisotopic (exact) mass is 424 g/mol. The van der Waals surface area contributed by atoms with Gasteiger partial charge in [0.05, 0.1) is 7.11 Å². The molecule has 0 aliphatic rings. The van der Waals surface area contributed by atoms with Crippen molar-refractivity contribution < 1.29 is 4.74 Å². The standard InChI is InChI=1S/C23H25BrN2O/c1-27-23-7-3-5-21(13-23)17-26(16-20-4-2-6-22(24)12-20)15-19-10-8-18(14-25)9-11-19/h2-13H,14-17,25H2,1H3. The maximum atomic E-state index is 5.72. The second-order valence-electron chi connectivity index (χ2n) is 6.65. The van der Waals surface area contributed by atoms with Gasteiger partial charge in [-0.2, -0.15) is 0 Å². The minimum absolute atomic E-state index is 0.575. The smallest absolute Gasteiger partial charge is 0.119 e. The Morgan fingerprint density at radius 2 is 1.37 bits per heavy atom. The molecule has 0 spiro atoms. The number of hydrogen-bond acceptors (Lipinski definition) is 3. The van der Waals surface area contributed by atoms with E-state index in [0.717, 1.165) is 35.4 Å². The molecule has 0 aliphatic heterocycles. The van der Waals surface area contributed by atoms with Gasteiger partial charge in [-0.3, -0.25) is 4.90 Å².